The normalized spacial score (nSPS) is 11.3. The van der Waals surface area contributed by atoms with Crippen LogP contribution in [-0.4, -0.2) is 27.4 Å². The van der Waals surface area contributed by atoms with Gasteiger partial charge < -0.3 is 15.2 Å². The summed E-state index contributed by atoms with van der Waals surface area (Å²) in [5.41, 5.74) is 8.20. The van der Waals surface area contributed by atoms with Gasteiger partial charge in [-0.25, -0.2) is 9.37 Å². The first-order valence-corrected chi connectivity index (χ1v) is 7.82. The van der Waals surface area contributed by atoms with Crippen LogP contribution < -0.4 is 5.73 Å². The van der Waals surface area contributed by atoms with E-state index in [1.54, 1.807) is 42.4 Å². The van der Waals surface area contributed by atoms with E-state index in [0.29, 0.717) is 12.4 Å². The van der Waals surface area contributed by atoms with Gasteiger partial charge in [0, 0.05) is 43.0 Å². The number of carbonyl (C=O) groups is 1. The Morgan fingerprint density at radius 2 is 2.12 bits per heavy atom. The number of carbonyl (C=O) groups excluding carboxylic acids is 1. The summed E-state index contributed by atoms with van der Waals surface area (Å²) < 4.78 is 15.3. The first-order valence-electron chi connectivity index (χ1n) is 7.82. The lowest BCUT2D eigenvalue weighted by atomic mass is 10.2. The molecule has 25 heavy (non-hydrogen) atoms. The van der Waals surface area contributed by atoms with Gasteiger partial charge in [-0.3, -0.25) is 4.79 Å². The molecule has 2 N–H and O–H groups in total. The van der Waals surface area contributed by atoms with E-state index in [0.717, 1.165) is 22.2 Å². The average Bonchev–Trinajstić information content (AvgIpc) is 2.89. The van der Waals surface area contributed by atoms with Crippen LogP contribution in [0.5, 0.6) is 0 Å². The largest absolute Gasteiger partial charge is 0.384 e. The second kappa shape index (κ2) is 6.76. The average molecular weight is 338 g/mol. The Morgan fingerprint density at radius 1 is 1.32 bits per heavy atom. The van der Waals surface area contributed by atoms with E-state index in [4.69, 9.17) is 5.73 Å². The van der Waals surface area contributed by atoms with Gasteiger partial charge in [0.15, 0.2) is 0 Å². The highest BCUT2D eigenvalue weighted by Gasteiger charge is 2.11. The van der Waals surface area contributed by atoms with Crippen molar-refractivity contribution in [2.75, 3.05) is 12.8 Å². The number of nitrogens with zero attached hydrogens (tertiary/aromatic N) is 3. The van der Waals surface area contributed by atoms with Crippen LogP contribution in [-0.2, 0) is 18.4 Å². The number of aromatic nitrogens is 2. The molecule has 128 valence electrons. The number of hydrogen-bond acceptors (Lipinski definition) is 3. The number of anilines is 1. The highest BCUT2D eigenvalue weighted by molar-refractivity contribution is 5.91. The maximum atomic E-state index is 13.4. The molecule has 0 bridgehead atoms. The summed E-state index contributed by atoms with van der Waals surface area (Å²) in [6.07, 6.45) is 4.80. The number of likely N-dealkylation sites (N-methyl/N-ethyl adjacent to an activating group) is 1. The molecule has 6 heteroatoms. The molecule has 0 fully saturated rings. The lowest BCUT2D eigenvalue weighted by molar-refractivity contribution is -0.125. The molecule has 0 spiro atoms. The Kier molecular flexibility index (Phi) is 4.52. The van der Waals surface area contributed by atoms with E-state index >= 15 is 0 Å². The molecule has 0 atom stereocenters. The second-order valence-corrected chi connectivity index (χ2v) is 5.94. The van der Waals surface area contributed by atoms with E-state index in [1.165, 1.54) is 18.2 Å². The zero-order chi connectivity index (χ0) is 18.0. The zero-order valence-electron chi connectivity index (χ0n) is 14.1. The van der Waals surface area contributed by atoms with Crippen LogP contribution in [0.3, 0.4) is 0 Å². The molecule has 5 nitrogen and oxygen atoms in total. The predicted molar refractivity (Wildman–Crippen MR) is 97.0 cm³/mol. The van der Waals surface area contributed by atoms with Gasteiger partial charge in [0.25, 0.3) is 0 Å². The minimum absolute atomic E-state index is 0.131. The molecule has 1 amide bonds. The molecule has 0 aliphatic carbocycles. The van der Waals surface area contributed by atoms with Crippen molar-refractivity contribution in [2.45, 2.75) is 6.54 Å². The molecule has 0 unspecified atom stereocenters. The number of rotatable bonds is 4. The van der Waals surface area contributed by atoms with E-state index in [-0.39, 0.29) is 11.7 Å². The van der Waals surface area contributed by atoms with E-state index in [2.05, 4.69) is 4.98 Å². The van der Waals surface area contributed by atoms with Crippen molar-refractivity contribution >= 4 is 28.7 Å². The Balaban J connectivity index is 1.73. The number of halogens is 1. The van der Waals surface area contributed by atoms with Gasteiger partial charge in [-0.05, 0) is 48.0 Å². The molecule has 3 aromatic rings. The number of aryl methyl sites for hydroxylation is 1. The summed E-state index contributed by atoms with van der Waals surface area (Å²) in [6, 6.07) is 10.0. The maximum absolute atomic E-state index is 13.4. The van der Waals surface area contributed by atoms with Gasteiger partial charge in [0.2, 0.25) is 5.91 Å². The van der Waals surface area contributed by atoms with Crippen LogP contribution >= 0.6 is 0 Å². The molecule has 0 saturated carbocycles. The third-order valence-corrected chi connectivity index (χ3v) is 4.11. The summed E-state index contributed by atoms with van der Waals surface area (Å²) in [7, 11) is 3.63. The number of hydrogen-bond donors (Lipinski definition) is 1. The zero-order valence-corrected chi connectivity index (χ0v) is 14.1. The van der Waals surface area contributed by atoms with Crippen LogP contribution in [0.1, 0.15) is 11.3 Å². The first kappa shape index (κ1) is 16.7. The summed E-state index contributed by atoms with van der Waals surface area (Å²) in [5.74, 6) is 0.0372. The van der Waals surface area contributed by atoms with Gasteiger partial charge in [0.1, 0.15) is 11.6 Å². The molecule has 3 rings (SSSR count). The van der Waals surface area contributed by atoms with Crippen LogP contribution in [0.15, 0.2) is 48.7 Å². The molecule has 1 aromatic carbocycles. The topological polar surface area (TPSA) is 64.2 Å². The standard InChI is InChI=1S/C19H19FN4O/c1-23(19(25)8-4-13-3-7-18(21)22-11-13)12-16-10-14-9-15(20)5-6-17(14)24(16)2/h3-11H,12H2,1-2H3,(H2,21,22)/b8-4+. The monoisotopic (exact) mass is 338 g/mol. The van der Waals surface area contributed by atoms with Crippen molar-refractivity contribution in [1.82, 2.24) is 14.5 Å². The Hall–Kier alpha value is -3.15. The van der Waals surface area contributed by atoms with Crippen molar-refractivity contribution in [2.24, 2.45) is 7.05 Å². The smallest absolute Gasteiger partial charge is 0.246 e. The number of pyridine rings is 1. The maximum Gasteiger partial charge on any atom is 0.246 e. The van der Waals surface area contributed by atoms with E-state index < -0.39 is 0 Å². The molecule has 0 saturated heterocycles. The molecule has 2 aromatic heterocycles. The van der Waals surface area contributed by atoms with Crippen molar-refractivity contribution in [3.63, 3.8) is 0 Å². The third kappa shape index (κ3) is 3.68. The number of amides is 1. The Morgan fingerprint density at radius 3 is 2.84 bits per heavy atom. The third-order valence-electron chi connectivity index (χ3n) is 4.11. The number of nitrogens with two attached hydrogens (primary N) is 1. The van der Waals surface area contributed by atoms with Crippen LogP contribution in [0, 0.1) is 5.82 Å². The minimum atomic E-state index is -0.269. The quantitative estimate of drug-likeness (QED) is 0.744. The van der Waals surface area contributed by atoms with Crippen molar-refractivity contribution in [1.29, 1.82) is 0 Å². The second-order valence-electron chi connectivity index (χ2n) is 5.94. The van der Waals surface area contributed by atoms with Gasteiger partial charge in [0.05, 0.1) is 6.54 Å². The molecule has 0 aliphatic rings. The van der Waals surface area contributed by atoms with Gasteiger partial charge in [-0.2, -0.15) is 0 Å². The summed E-state index contributed by atoms with van der Waals surface area (Å²) in [4.78, 5) is 17.9. The first-order chi connectivity index (χ1) is 11.9. The fourth-order valence-corrected chi connectivity index (χ4v) is 2.66. The summed E-state index contributed by atoms with van der Waals surface area (Å²) >= 11 is 0. The summed E-state index contributed by atoms with van der Waals surface area (Å²) in [6.45, 7) is 0.427. The van der Waals surface area contributed by atoms with Crippen molar-refractivity contribution in [3.8, 4) is 0 Å². The highest BCUT2D eigenvalue weighted by atomic mass is 19.1. The van der Waals surface area contributed by atoms with Gasteiger partial charge in [-0.15, -0.1) is 0 Å². The van der Waals surface area contributed by atoms with Crippen molar-refractivity contribution < 1.29 is 9.18 Å². The minimum Gasteiger partial charge on any atom is -0.384 e. The molecular weight excluding hydrogens is 319 g/mol. The molecular formula is C19H19FN4O. The Bertz CT molecular complexity index is 944. The lowest BCUT2D eigenvalue weighted by Crippen LogP contribution is -2.25. The van der Waals surface area contributed by atoms with Gasteiger partial charge >= 0.3 is 0 Å². The van der Waals surface area contributed by atoms with E-state index in [9.17, 15) is 9.18 Å². The molecule has 2 heterocycles. The van der Waals surface area contributed by atoms with Crippen molar-refractivity contribution in [3.05, 3.63) is 65.7 Å². The number of nitrogen functional groups attached to an aromatic ring is 1. The number of benzene rings is 1. The fourth-order valence-electron chi connectivity index (χ4n) is 2.66. The van der Waals surface area contributed by atoms with Crippen LogP contribution in [0.2, 0.25) is 0 Å². The number of fused-ring (bicyclic) bond motifs is 1. The fraction of sp³-hybridized carbons (Fsp3) is 0.158. The Labute approximate surface area is 145 Å². The summed E-state index contributed by atoms with van der Waals surface area (Å²) in [5, 5.41) is 0.821. The van der Waals surface area contributed by atoms with Crippen LogP contribution in [0.25, 0.3) is 17.0 Å². The van der Waals surface area contributed by atoms with Crippen LogP contribution in [0.4, 0.5) is 10.2 Å². The van der Waals surface area contributed by atoms with E-state index in [1.807, 2.05) is 17.7 Å². The van der Waals surface area contributed by atoms with Gasteiger partial charge in [-0.1, -0.05) is 0 Å². The SMILES string of the molecule is CN(Cc1cc2cc(F)ccc2n1C)C(=O)/C=C/c1ccc(N)nc1. The highest BCUT2D eigenvalue weighted by Crippen LogP contribution is 2.20. The predicted octanol–water partition coefficient (Wildman–Crippen LogP) is 2.97. The molecule has 0 aliphatic heterocycles. The molecule has 0 radical (unpaired) electrons. The lowest BCUT2D eigenvalue weighted by Gasteiger charge is -2.15.